The van der Waals surface area contributed by atoms with E-state index in [1.165, 1.54) is 0 Å². The molecule has 0 aliphatic heterocycles. The highest BCUT2D eigenvalue weighted by Gasteiger charge is 2.16. The van der Waals surface area contributed by atoms with Crippen molar-refractivity contribution in [2.24, 2.45) is 5.92 Å². The van der Waals surface area contributed by atoms with Gasteiger partial charge in [0.05, 0.1) is 19.4 Å². The zero-order valence-corrected chi connectivity index (χ0v) is 14.8. The standard InChI is InChI=1S/C17H23N3O3S/c1-13(2)9-18-17(22)19-16(21)12-20(10-14-5-3-7-23-14)11-15-6-4-8-24-15/h3-8,13H,9-12H2,1-2H3,(H2,18,19,21,22). The Balaban J connectivity index is 1.89. The predicted molar refractivity (Wildman–Crippen MR) is 93.5 cm³/mol. The van der Waals surface area contributed by atoms with E-state index in [1.54, 1.807) is 17.6 Å². The van der Waals surface area contributed by atoms with Gasteiger partial charge >= 0.3 is 6.03 Å². The largest absolute Gasteiger partial charge is 0.468 e. The van der Waals surface area contributed by atoms with Crippen molar-refractivity contribution in [3.8, 4) is 0 Å². The molecule has 2 aromatic heterocycles. The minimum Gasteiger partial charge on any atom is -0.468 e. The van der Waals surface area contributed by atoms with E-state index < -0.39 is 6.03 Å². The number of carbonyl (C=O) groups excluding carboxylic acids is 2. The van der Waals surface area contributed by atoms with Crippen LogP contribution in [0.1, 0.15) is 24.5 Å². The topological polar surface area (TPSA) is 74.6 Å². The molecule has 6 nitrogen and oxygen atoms in total. The molecule has 0 saturated heterocycles. The predicted octanol–water partition coefficient (Wildman–Crippen LogP) is 2.83. The van der Waals surface area contributed by atoms with E-state index in [0.29, 0.717) is 25.6 Å². The lowest BCUT2D eigenvalue weighted by Gasteiger charge is -2.20. The molecule has 0 radical (unpaired) electrons. The lowest BCUT2D eigenvalue weighted by Crippen LogP contribution is -2.45. The van der Waals surface area contributed by atoms with E-state index in [4.69, 9.17) is 4.42 Å². The minimum absolute atomic E-state index is 0.119. The van der Waals surface area contributed by atoms with Crippen molar-refractivity contribution in [1.82, 2.24) is 15.5 Å². The first-order chi connectivity index (χ1) is 11.5. The van der Waals surface area contributed by atoms with Crippen molar-refractivity contribution in [3.05, 3.63) is 46.5 Å². The van der Waals surface area contributed by atoms with E-state index in [1.807, 2.05) is 48.4 Å². The number of furan rings is 1. The highest BCUT2D eigenvalue weighted by Crippen LogP contribution is 2.14. The van der Waals surface area contributed by atoms with Crippen molar-refractivity contribution in [2.75, 3.05) is 13.1 Å². The summed E-state index contributed by atoms with van der Waals surface area (Å²) in [4.78, 5) is 26.9. The number of carbonyl (C=O) groups is 2. The van der Waals surface area contributed by atoms with Crippen LogP contribution in [0.25, 0.3) is 0 Å². The third-order valence-electron chi connectivity index (χ3n) is 3.21. The maximum atomic E-state index is 12.1. The second kappa shape index (κ2) is 9.24. The average Bonchev–Trinajstić information content (AvgIpc) is 3.18. The molecule has 0 aromatic carbocycles. The van der Waals surface area contributed by atoms with Crippen LogP contribution in [0.15, 0.2) is 40.3 Å². The molecule has 0 fully saturated rings. The summed E-state index contributed by atoms with van der Waals surface area (Å²) in [6.07, 6.45) is 1.61. The first-order valence-electron chi connectivity index (χ1n) is 7.87. The van der Waals surface area contributed by atoms with E-state index in [9.17, 15) is 9.59 Å². The third-order valence-corrected chi connectivity index (χ3v) is 4.07. The monoisotopic (exact) mass is 349 g/mol. The lowest BCUT2D eigenvalue weighted by atomic mass is 10.2. The molecule has 2 heterocycles. The molecule has 2 N–H and O–H groups in total. The van der Waals surface area contributed by atoms with Gasteiger partial charge in [-0.2, -0.15) is 0 Å². The second-order valence-corrected chi connectivity index (χ2v) is 6.99. The number of imide groups is 1. The summed E-state index contributed by atoms with van der Waals surface area (Å²) < 4.78 is 5.36. The van der Waals surface area contributed by atoms with Crippen LogP contribution in [0.2, 0.25) is 0 Å². The number of nitrogens with zero attached hydrogens (tertiary/aromatic N) is 1. The Morgan fingerprint density at radius 2 is 2.08 bits per heavy atom. The molecule has 0 atom stereocenters. The van der Waals surface area contributed by atoms with Crippen LogP contribution in [0.4, 0.5) is 4.79 Å². The number of hydrogen-bond donors (Lipinski definition) is 2. The first-order valence-corrected chi connectivity index (χ1v) is 8.75. The normalized spacial score (nSPS) is 11.0. The highest BCUT2D eigenvalue weighted by molar-refractivity contribution is 7.09. The zero-order valence-electron chi connectivity index (χ0n) is 14.0. The number of thiophene rings is 1. The summed E-state index contributed by atoms with van der Waals surface area (Å²) in [5.41, 5.74) is 0. The van der Waals surface area contributed by atoms with E-state index in [0.717, 1.165) is 10.6 Å². The molecule has 7 heteroatoms. The molecule has 0 saturated carbocycles. The van der Waals surface area contributed by atoms with Crippen molar-refractivity contribution >= 4 is 23.3 Å². The SMILES string of the molecule is CC(C)CNC(=O)NC(=O)CN(Cc1ccco1)Cc1cccs1. The molecular weight excluding hydrogens is 326 g/mol. The van der Waals surface area contributed by atoms with Gasteiger partial charge in [0.15, 0.2) is 0 Å². The van der Waals surface area contributed by atoms with Gasteiger partial charge < -0.3 is 9.73 Å². The molecule has 0 spiro atoms. The summed E-state index contributed by atoms with van der Waals surface area (Å²) in [5.74, 6) is 0.781. The minimum atomic E-state index is -0.456. The van der Waals surface area contributed by atoms with Crippen molar-refractivity contribution < 1.29 is 14.0 Å². The van der Waals surface area contributed by atoms with Crippen LogP contribution in [-0.2, 0) is 17.9 Å². The maximum absolute atomic E-state index is 12.1. The summed E-state index contributed by atoms with van der Waals surface area (Å²) in [6, 6.07) is 7.23. The van der Waals surface area contributed by atoms with Gasteiger partial charge in [-0.15, -0.1) is 11.3 Å². The third kappa shape index (κ3) is 6.55. The van der Waals surface area contributed by atoms with Crippen molar-refractivity contribution in [2.45, 2.75) is 26.9 Å². The summed E-state index contributed by atoms with van der Waals surface area (Å²) in [5, 5.41) is 7.04. The van der Waals surface area contributed by atoms with Gasteiger partial charge in [0, 0.05) is 18.0 Å². The molecule has 2 aromatic rings. The molecule has 0 bridgehead atoms. The molecule has 0 aliphatic rings. The Hall–Kier alpha value is -2.12. The Bertz CT molecular complexity index is 587. The average molecular weight is 349 g/mol. The van der Waals surface area contributed by atoms with Gasteiger partial charge in [-0.3, -0.25) is 15.0 Å². The molecular formula is C17H23N3O3S. The van der Waals surface area contributed by atoms with Crippen LogP contribution in [0, 0.1) is 5.92 Å². The Labute approximate surface area is 145 Å². The molecule has 0 unspecified atom stereocenters. The fourth-order valence-corrected chi connectivity index (χ4v) is 2.87. The Morgan fingerprint density at radius 1 is 1.25 bits per heavy atom. The number of hydrogen-bond acceptors (Lipinski definition) is 5. The number of nitrogens with one attached hydrogen (secondary N) is 2. The van der Waals surface area contributed by atoms with Crippen LogP contribution in [0.5, 0.6) is 0 Å². The highest BCUT2D eigenvalue weighted by atomic mass is 32.1. The smallest absolute Gasteiger partial charge is 0.321 e. The molecule has 24 heavy (non-hydrogen) atoms. The van der Waals surface area contributed by atoms with Crippen LogP contribution < -0.4 is 10.6 Å². The molecule has 3 amide bonds. The molecule has 130 valence electrons. The summed E-state index contributed by atoms with van der Waals surface area (Å²) in [6.45, 7) is 5.77. The van der Waals surface area contributed by atoms with E-state index >= 15 is 0 Å². The fourth-order valence-electron chi connectivity index (χ4n) is 2.12. The van der Waals surface area contributed by atoms with Gasteiger partial charge in [-0.25, -0.2) is 4.79 Å². The van der Waals surface area contributed by atoms with Gasteiger partial charge in [0.1, 0.15) is 5.76 Å². The van der Waals surface area contributed by atoms with Crippen molar-refractivity contribution in [1.29, 1.82) is 0 Å². The zero-order chi connectivity index (χ0) is 17.4. The quantitative estimate of drug-likeness (QED) is 0.768. The number of rotatable bonds is 8. The van der Waals surface area contributed by atoms with Crippen LogP contribution >= 0.6 is 11.3 Å². The van der Waals surface area contributed by atoms with Gasteiger partial charge in [-0.1, -0.05) is 19.9 Å². The number of urea groups is 1. The molecule has 0 aliphatic carbocycles. The Morgan fingerprint density at radius 3 is 2.71 bits per heavy atom. The van der Waals surface area contributed by atoms with Gasteiger partial charge in [0.2, 0.25) is 5.91 Å². The fraction of sp³-hybridized carbons (Fsp3) is 0.412. The van der Waals surface area contributed by atoms with Crippen molar-refractivity contribution in [3.63, 3.8) is 0 Å². The lowest BCUT2D eigenvalue weighted by molar-refractivity contribution is -0.121. The van der Waals surface area contributed by atoms with E-state index in [2.05, 4.69) is 10.6 Å². The van der Waals surface area contributed by atoms with Gasteiger partial charge in [0.25, 0.3) is 0 Å². The van der Waals surface area contributed by atoms with Crippen LogP contribution in [0.3, 0.4) is 0 Å². The first kappa shape index (κ1) is 18.2. The second-order valence-electron chi connectivity index (χ2n) is 5.96. The molecule has 2 rings (SSSR count). The summed E-state index contributed by atoms with van der Waals surface area (Å²) >= 11 is 1.63. The maximum Gasteiger partial charge on any atom is 0.321 e. The van der Waals surface area contributed by atoms with Gasteiger partial charge in [-0.05, 0) is 29.5 Å². The van der Waals surface area contributed by atoms with Crippen LogP contribution in [-0.4, -0.2) is 29.9 Å². The number of amides is 3. The Kier molecular flexibility index (Phi) is 7.02. The summed E-state index contributed by atoms with van der Waals surface area (Å²) in [7, 11) is 0. The van der Waals surface area contributed by atoms with E-state index in [-0.39, 0.29) is 12.5 Å².